The average Bonchev–Trinajstić information content (AvgIpc) is 2.84. The predicted molar refractivity (Wildman–Crippen MR) is 74.1 cm³/mol. The molecule has 0 saturated heterocycles. The minimum Gasteiger partial charge on any atom is -0.506 e. The quantitative estimate of drug-likeness (QED) is 0.630. The second-order valence-corrected chi connectivity index (χ2v) is 4.30. The third-order valence-corrected chi connectivity index (χ3v) is 2.82. The summed E-state index contributed by atoms with van der Waals surface area (Å²) in [4.78, 5) is 26.5. The lowest BCUT2D eigenvalue weighted by atomic mass is 10.2. The van der Waals surface area contributed by atoms with Crippen LogP contribution in [0.15, 0.2) is 30.6 Å². The third kappa shape index (κ3) is 3.50. The van der Waals surface area contributed by atoms with E-state index < -0.39 is 12.0 Å². The number of imidazole rings is 1. The maximum absolute atomic E-state index is 11.7. The zero-order valence-corrected chi connectivity index (χ0v) is 11.2. The van der Waals surface area contributed by atoms with E-state index in [4.69, 9.17) is 5.11 Å². The van der Waals surface area contributed by atoms with Crippen molar-refractivity contribution in [2.45, 2.75) is 6.54 Å². The van der Waals surface area contributed by atoms with E-state index in [1.807, 2.05) is 0 Å². The number of phenols is 1. The number of nitrogens with zero attached hydrogens (tertiary/aromatic N) is 2. The molecule has 0 aliphatic heterocycles. The Morgan fingerprint density at radius 1 is 1.38 bits per heavy atom. The highest BCUT2D eigenvalue weighted by atomic mass is 16.4. The van der Waals surface area contributed by atoms with Gasteiger partial charge in [-0.05, 0) is 18.2 Å². The van der Waals surface area contributed by atoms with Crippen LogP contribution in [0.4, 0.5) is 10.5 Å². The molecule has 0 aliphatic carbocycles. The molecule has 2 amide bonds. The van der Waals surface area contributed by atoms with Crippen LogP contribution in [0.3, 0.4) is 0 Å². The van der Waals surface area contributed by atoms with E-state index in [-0.39, 0.29) is 23.5 Å². The van der Waals surface area contributed by atoms with Crippen molar-refractivity contribution in [3.63, 3.8) is 0 Å². The Kier molecular flexibility index (Phi) is 4.07. The minimum absolute atomic E-state index is 0.0635. The molecule has 110 valence electrons. The third-order valence-electron chi connectivity index (χ3n) is 2.82. The predicted octanol–water partition coefficient (Wildman–Crippen LogP) is 1.15. The van der Waals surface area contributed by atoms with Gasteiger partial charge in [-0.15, -0.1) is 0 Å². The second-order valence-electron chi connectivity index (χ2n) is 4.30. The van der Waals surface area contributed by atoms with Crippen molar-refractivity contribution in [2.24, 2.45) is 7.05 Å². The maximum atomic E-state index is 11.7. The van der Waals surface area contributed by atoms with Crippen LogP contribution < -0.4 is 10.6 Å². The number of aromatic hydroxyl groups is 1. The summed E-state index contributed by atoms with van der Waals surface area (Å²) >= 11 is 0. The van der Waals surface area contributed by atoms with Crippen molar-refractivity contribution in [1.29, 1.82) is 0 Å². The molecule has 0 spiro atoms. The number of benzene rings is 1. The van der Waals surface area contributed by atoms with E-state index in [0.29, 0.717) is 5.82 Å². The molecule has 0 atom stereocenters. The SMILES string of the molecule is Cn1ccnc1CNC(=O)Nc1ccc(C(=O)O)cc1O. The van der Waals surface area contributed by atoms with Crippen molar-refractivity contribution in [3.05, 3.63) is 42.0 Å². The number of carbonyl (C=O) groups excluding carboxylic acids is 1. The van der Waals surface area contributed by atoms with Gasteiger partial charge in [0.1, 0.15) is 11.6 Å². The molecule has 4 N–H and O–H groups in total. The number of amides is 2. The molecule has 0 unspecified atom stereocenters. The van der Waals surface area contributed by atoms with E-state index in [0.717, 1.165) is 6.07 Å². The van der Waals surface area contributed by atoms with Gasteiger partial charge < -0.3 is 25.4 Å². The number of carboxylic acids is 1. The van der Waals surface area contributed by atoms with Gasteiger partial charge in [-0.3, -0.25) is 0 Å². The highest BCUT2D eigenvalue weighted by Crippen LogP contribution is 2.24. The number of urea groups is 1. The fraction of sp³-hybridized carbons (Fsp3) is 0.154. The van der Waals surface area contributed by atoms with Crippen LogP contribution in [0.1, 0.15) is 16.2 Å². The van der Waals surface area contributed by atoms with E-state index in [9.17, 15) is 14.7 Å². The fourth-order valence-electron chi connectivity index (χ4n) is 1.66. The molecular formula is C13H14N4O4. The van der Waals surface area contributed by atoms with Crippen LogP contribution in [0.25, 0.3) is 0 Å². The Bertz CT molecular complexity index is 681. The van der Waals surface area contributed by atoms with Crippen molar-refractivity contribution < 1.29 is 19.8 Å². The molecule has 2 rings (SSSR count). The monoisotopic (exact) mass is 290 g/mol. The molecule has 8 nitrogen and oxygen atoms in total. The zero-order valence-electron chi connectivity index (χ0n) is 11.2. The van der Waals surface area contributed by atoms with Crippen molar-refractivity contribution in [2.75, 3.05) is 5.32 Å². The van der Waals surface area contributed by atoms with Gasteiger partial charge in [-0.1, -0.05) is 0 Å². The van der Waals surface area contributed by atoms with Gasteiger partial charge >= 0.3 is 12.0 Å². The molecule has 1 heterocycles. The molecule has 0 saturated carbocycles. The number of aromatic nitrogens is 2. The number of phenolic OH excluding ortho intramolecular Hbond substituents is 1. The zero-order chi connectivity index (χ0) is 15.4. The smallest absolute Gasteiger partial charge is 0.335 e. The normalized spacial score (nSPS) is 10.1. The van der Waals surface area contributed by atoms with E-state index >= 15 is 0 Å². The average molecular weight is 290 g/mol. The van der Waals surface area contributed by atoms with Crippen LogP contribution >= 0.6 is 0 Å². The van der Waals surface area contributed by atoms with E-state index in [1.165, 1.54) is 12.1 Å². The van der Waals surface area contributed by atoms with Crippen LogP contribution in [-0.2, 0) is 13.6 Å². The molecule has 1 aromatic heterocycles. The van der Waals surface area contributed by atoms with Crippen LogP contribution in [0.5, 0.6) is 5.75 Å². The van der Waals surface area contributed by atoms with Crippen molar-refractivity contribution >= 4 is 17.7 Å². The number of aromatic carboxylic acids is 1. The summed E-state index contributed by atoms with van der Waals surface area (Å²) in [6.07, 6.45) is 3.37. The Morgan fingerprint density at radius 3 is 2.71 bits per heavy atom. The number of aryl methyl sites for hydroxylation is 1. The summed E-state index contributed by atoms with van der Waals surface area (Å²) in [6, 6.07) is 3.14. The Hall–Kier alpha value is -3.03. The number of carbonyl (C=O) groups is 2. The van der Waals surface area contributed by atoms with Gasteiger partial charge in [0.05, 0.1) is 17.8 Å². The molecule has 21 heavy (non-hydrogen) atoms. The Morgan fingerprint density at radius 2 is 2.14 bits per heavy atom. The first-order valence-electron chi connectivity index (χ1n) is 6.04. The first-order chi connectivity index (χ1) is 9.97. The number of hydrogen-bond acceptors (Lipinski definition) is 4. The Balaban J connectivity index is 1.96. The van der Waals surface area contributed by atoms with Gasteiger partial charge in [-0.25, -0.2) is 14.6 Å². The summed E-state index contributed by atoms with van der Waals surface area (Å²) in [5, 5.41) is 23.4. The molecule has 0 radical (unpaired) electrons. The number of carboxylic acid groups (broad SMARTS) is 1. The van der Waals surface area contributed by atoms with Gasteiger partial charge in [0.15, 0.2) is 0 Å². The number of nitrogens with one attached hydrogen (secondary N) is 2. The van der Waals surface area contributed by atoms with Crippen molar-refractivity contribution in [1.82, 2.24) is 14.9 Å². The van der Waals surface area contributed by atoms with Gasteiger partial charge in [0, 0.05) is 19.4 Å². The number of hydrogen-bond donors (Lipinski definition) is 4. The lowest BCUT2D eigenvalue weighted by Gasteiger charge is -2.09. The van der Waals surface area contributed by atoms with Crippen LogP contribution in [0.2, 0.25) is 0 Å². The summed E-state index contributed by atoms with van der Waals surface area (Å²) < 4.78 is 1.76. The van der Waals surface area contributed by atoms with Gasteiger partial charge in [0.2, 0.25) is 0 Å². The fourth-order valence-corrected chi connectivity index (χ4v) is 1.66. The van der Waals surface area contributed by atoms with Gasteiger partial charge in [0.25, 0.3) is 0 Å². The number of rotatable bonds is 4. The first-order valence-corrected chi connectivity index (χ1v) is 6.04. The lowest BCUT2D eigenvalue weighted by molar-refractivity contribution is 0.0696. The molecule has 0 bridgehead atoms. The first kappa shape index (κ1) is 14.4. The summed E-state index contributed by atoms with van der Waals surface area (Å²) in [7, 11) is 1.80. The largest absolute Gasteiger partial charge is 0.506 e. The molecule has 1 aromatic carbocycles. The summed E-state index contributed by atoms with van der Waals surface area (Å²) in [5.74, 6) is -0.797. The van der Waals surface area contributed by atoms with E-state index in [1.54, 1.807) is 24.0 Å². The lowest BCUT2D eigenvalue weighted by Crippen LogP contribution is -2.29. The molecule has 0 aliphatic rings. The summed E-state index contributed by atoms with van der Waals surface area (Å²) in [6.45, 7) is 0.226. The molecule has 8 heteroatoms. The Labute approximate surface area is 120 Å². The molecular weight excluding hydrogens is 276 g/mol. The van der Waals surface area contributed by atoms with Gasteiger partial charge in [-0.2, -0.15) is 0 Å². The maximum Gasteiger partial charge on any atom is 0.335 e. The number of anilines is 1. The highest BCUT2D eigenvalue weighted by molar-refractivity contribution is 5.93. The minimum atomic E-state index is -1.16. The standard InChI is InChI=1S/C13H14N4O4/c1-17-5-4-14-11(17)7-15-13(21)16-9-3-2-8(12(19)20)6-10(9)18/h2-6,18H,7H2,1H3,(H,19,20)(H2,15,16,21). The molecule has 2 aromatic rings. The summed E-state index contributed by atoms with van der Waals surface area (Å²) in [5.41, 5.74) is 0.0591. The van der Waals surface area contributed by atoms with Crippen molar-refractivity contribution in [3.8, 4) is 5.75 Å². The highest BCUT2D eigenvalue weighted by Gasteiger charge is 2.10. The molecule has 0 fully saturated rings. The van der Waals surface area contributed by atoms with E-state index in [2.05, 4.69) is 15.6 Å². The second kappa shape index (κ2) is 5.95. The topological polar surface area (TPSA) is 116 Å². The van der Waals surface area contributed by atoms with Crippen LogP contribution in [0, 0.1) is 0 Å². The van der Waals surface area contributed by atoms with Crippen LogP contribution in [-0.4, -0.2) is 31.8 Å².